The molecular formula is C16H19ClN4O2. The van der Waals surface area contributed by atoms with Gasteiger partial charge in [-0.1, -0.05) is 23.7 Å². The number of amides is 1. The molecule has 0 saturated heterocycles. The van der Waals surface area contributed by atoms with Gasteiger partial charge in [-0.3, -0.25) is 4.79 Å². The summed E-state index contributed by atoms with van der Waals surface area (Å²) in [6, 6.07) is 7.34. The zero-order chi connectivity index (χ0) is 16.6. The highest BCUT2D eigenvalue weighted by molar-refractivity contribution is 6.32. The normalized spacial score (nSPS) is 14.8. The van der Waals surface area contributed by atoms with Crippen molar-refractivity contribution in [3.8, 4) is 5.69 Å². The van der Waals surface area contributed by atoms with E-state index in [0.717, 1.165) is 18.7 Å². The standard InChI is InChI=1S/C16H19ClN4O2/c1-16(2,9-22)19-15(23)13-18-14(10-7-8-10)21(20-13)12-6-4-3-5-11(12)17/h3-6,10,22H,7-9H2,1-2H3,(H,19,23). The summed E-state index contributed by atoms with van der Waals surface area (Å²) in [5.41, 5.74) is -0.0174. The van der Waals surface area contributed by atoms with Crippen LogP contribution in [0.25, 0.3) is 5.69 Å². The van der Waals surface area contributed by atoms with Crippen molar-refractivity contribution < 1.29 is 9.90 Å². The fraction of sp³-hybridized carbons (Fsp3) is 0.438. The maximum Gasteiger partial charge on any atom is 0.291 e. The summed E-state index contributed by atoms with van der Waals surface area (Å²) in [6.45, 7) is 3.30. The minimum absolute atomic E-state index is 0.0911. The van der Waals surface area contributed by atoms with Crippen molar-refractivity contribution in [3.05, 3.63) is 40.9 Å². The summed E-state index contributed by atoms with van der Waals surface area (Å²) >= 11 is 6.25. The van der Waals surface area contributed by atoms with Crippen molar-refractivity contribution in [1.82, 2.24) is 20.1 Å². The second-order valence-corrected chi connectivity index (χ2v) is 6.83. The number of aliphatic hydroxyl groups excluding tert-OH is 1. The van der Waals surface area contributed by atoms with E-state index in [1.807, 2.05) is 18.2 Å². The highest BCUT2D eigenvalue weighted by Crippen LogP contribution is 2.40. The third-order valence-corrected chi connectivity index (χ3v) is 4.03. The van der Waals surface area contributed by atoms with Gasteiger partial charge in [0.25, 0.3) is 5.91 Å². The Balaban J connectivity index is 1.97. The molecule has 23 heavy (non-hydrogen) atoms. The Hall–Kier alpha value is -1.92. The van der Waals surface area contributed by atoms with E-state index in [1.54, 1.807) is 24.6 Å². The Bertz CT molecular complexity index is 737. The van der Waals surface area contributed by atoms with Crippen molar-refractivity contribution in [2.45, 2.75) is 38.1 Å². The molecule has 1 aliphatic rings. The molecule has 0 atom stereocenters. The van der Waals surface area contributed by atoms with Crippen LogP contribution < -0.4 is 5.32 Å². The molecule has 2 aromatic rings. The highest BCUT2D eigenvalue weighted by atomic mass is 35.5. The number of rotatable bonds is 5. The van der Waals surface area contributed by atoms with Gasteiger partial charge in [0.15, 0.2) is 0 Å². The Morgan fingerprint density at radius 3 is 2.74 bits per heavy atom. The van der Waals surface area contributed by atoms with E-state index in [2.05, 4.69) is 15.4 Å². The summed E-state index contributed by atoms with van der Waals surface area (Å²) < 4.78 is 1.65. The summed E-state index contributed by atoms with van der Waals surface area (Å²) in [5.74, 6) is 0.751. The first kappa shape index (κ1) is 16.0. The lowest BCUT2D eigenvalue weighted by Gasteiger charge is -2.22. The van der Waals surface area contributed by atoms with Crippen LogP contribution >= 0.6 is 11.6 Å². The Morgan fingerprint density at radius 1 is 1.43 bits per heavy atom. The summed E-state index contributed by atoms with van der Waals surface area (Å²) in [5, 5.41) is 16.9. The number of nitrogens with one attached hydrogen (secondary N) is 1. The van der Waals surface area contributed by atoms with Gasteiger partial charge in [-0.2, -0.15) is 0 Å². The van der Waals surface area contributed by atoms with Crippen molar-refractivity contribution in [2.75, 3.05) is 6.61 Å². The summed E-state index contributed by atoms with van der Waals surface area (Å²) in [6.07, 6.45) is 2.07. The van der Waals surface area contributed by atoms with Crippen LogP contribution in [0.15, 0.2) is 24.3 Å². The molecule has 1 amide bonds. The van der Waals surface area contributed by atoms with Crippen molar-refractivity contribution in [3.63, 3.8) is 0 Å². The SMILES string of the molecule is CC(C)(CO)NC(=O)c1nc(C2CC2)n(-c2ccccc2Cl)n1. The van der Waals surface area contributed by atoms with Crippen LogP contribution in [0.1, 0.15) is 49.1 Å². The molecule has 122 valence electrons. The predicted molar refractivity (Wildman–Crippen MR) is 87.0 cm³/mol. The van der Waals surface area contributed by atoms with Gasteiger partial charge in [0.2, 0.25) is 5.82 Å². The molecule has 0 aliphatic heterocycles. The average molecular weight is 335 g/mol. The topological polar surface area (TPSA) is 80.0 Å². The van der Waals surface area contributed by atoms with Gasteiger partial charge < -0.3 is 10.4 Å². The molecule has 0 unspecified atom stereocenters. The lowest BCUT2D eigenvalue weighted by molar-refractivity contribution is 0.0858. The number of nitrogens with zero attached hydrogens (tertiary/aromatic N) is 3. The number of benzene rings is 1. The average Bonchev–Trinajstić information content (AvgIpc) is 3.26. The molecule has 1 heterocycles. The van der Waals surface area contributed by atoms with E-state index in [0.29, 0.717) is 16.6 Å². The molecule has 1 aromatic heterocycles. The molecule has 1 aliphatic carbocycles. The monoisotopic (exact) mass is 334 g/mol. The van der Waals surface area contributed by atoms with Crippen LogP contribution in [0.5, 0.6) is 0 Å². The second-order valence-electron chi connectivity index (χ2n) is 6.43. The van der Waals surface area contributed by atoms with E-state index in [1.165, 1.54) is 0 Å². The molecule has 0 bridgehead atoms. The quantitative estimate of drug-likeness (QED) is 0.879. The van der Waals surface area contributed by atoms with Gasteiger partial charge in [-0.25, -0.2) is 9.67 Å². The molecule has 1 aromatic carbocycles. The van der Waals surface area contributed by atoms with Crippen molar-refractivity contribution in [2.24, 2.45) is 0 Å². The molecule has 0 radical (unpaired) electrons. The predicted octanol–water partition coefficient (Wildman–Crippen LogP) is 2.30. The molecule has 1 saturated carbocycles. The number of aliphatic hydroxyl groups is 1. The first-order valence-corrected chi connectivity index (χ1v) is 7.94. The Labute approximate surface area is 139 Å². The highest BCUT2D eigenvalue weighted by Gasteiger charge is 2.32. The van der Waals surface area contributed by atoms with E-state index < -0.39 is 11.4 Å². The number of halogens is 1. The molecule has 1 fully saturated rings. The van der Waals surface area contributed by atoms with Gasteiger partial charge in [0.05, 0.1) is 22.9 Å². The molecule has 6 nitrogen and oxygen atoms in total. The van der Waals surface area contributed by atoms with E-state index >= 15 is 0 Å². The van der Waals surface area contributed by atoms with Crippen molar-refractivity contribution in [1.29, 1.82) is 0 Å². The fourth-order valence-corrected chi connectivity index (χ4v) is 2.45. The maximum absolute atomic E-state index is 12.4. The van der Waals surface area contributed by atoms with Crippen LogP contribution in [0.2, 0.25) is 5.02 Å². The molecule has 3 rings (SSSR count). The number of aromatic nitrogens is 3. The van der Waals surface area contributed by atoms with Crippen molar-refractivity contribution >= 4 is 17.5 Å². The second kappa shape index (κ2) is 5.94. The maximum atomic E-state index is 12.4. The fourth-order valence-electron chi connectivity index (χ4n) is 2.23. The van der Waals surface area contributed by atoms with Crippen LogP contribution in [-0.4, -0.2) is 37.9 Å². The summed E-state index contributed by atoms with van der Waals surface area (Å²) in [4.78, 5) is 16.8. The number of carbonyl (C=O) groups is 1. The third kappa shape index (κ3) is 3.38. The van der Waals surface area contributed by atoms with Crippen LogP contribution in [-0.2, 0) is 0 Å². The molecular weight excluding hydrogens is 316 g/mol. The molecule has 7 heteroatoms. The largest absolute Gasteiger partial charge is 0.394 e. The minimum atomic E-state index is -0.729. The van der Waals surface area contributed by atoms with Crippen LogP contribution in [0.4, 0.5) is 0 Å². The third-order valence-electron chi connectivity index (χ3n) is 3.71. The summed E-state index contributed by atoms with van der Waals surface area (Å²) in [7, 11) is 0. The van der Waals surface area contributed by atoms with Gasteiger partial charge in [0.1, 0.15) is 5.82 Å². The number of hydrogen-bond acceptors (Lipinski definition) is 4. The van der Waals surface area contributed by atoms with E-state index in [4.69, 9.17) is 11.6 Å². The number of para-hydroxylation sites is 1. The minimum Gasteiger partial charge on any atom is -0.394 e. The van der Waals surface area contributed by atoms with Crippen LogP contribution in [0.3, 0.4) is 0 Å². The van der Waals surface area contributed by atoms with Gasteiger partial charge in [-0.15, -0.1) is 5.10 Å². The molecule has 0 spiro atoms. The Kier molecular flexibility index (Phi) is 4.12. The van der Waals surface area contributed by atoms with Crippen LogP contribution in [0, 0.1) is 0 Å². The van der Waals surface area contributed by atoms with Gasteiger partial charge in [0, 0.05) is 5.92 Å². The lowest BCUT2D eigenvalue weighted by atomic mass is 10.1. The number of hydrogen-bond donors (Lipinski definition) is 2. The molecule has 2 N–H and O–H groups in total. The smallest absolute Gasteiger partial charge is 0.291 e. The first-order valence-electron chi connectivity index (χ1n) is 7.56. The number of carbonyl (C=O) groups excluding carboxylic acids is 1. The van der Waals surface area contributed by atoms with E-state index in [-0.39, 0.29) is 12.4 Å². The lowest BCUT2D eigenvalue weighted by Crippen LogP contribution is -2.46. The zero-order valence-corrected chi connectivity index (χ0v) is 13.8. The Morgan fingerprint density at radius 2 is 2.13 bits per heavy atom. The first-order chi connectivity index (χ1) is 10.9. The van der Waals surface area contributed by atoms with E-state index in [9.17, 15) is 9.90 Å². The zero-order valence-electron chi connectivity index (χ0n) is 13.1. The van der Waals surface area contributed by atoms with Gasteiger partial charge in [-0.05, 0) is 38.8 Å². The van der Waals surface area contributed by atoms with Gasteiger partial charge >= 0.3 is 0 Å².